The van der Waals surface area contributed by atoms with Gasteiger partial charge in [0.1, 0.15) is 0 Å². The number of aryl methyl sites for hydroxylation is 1. The summed E-state index contributed by atoms with van der Waals surface area (Å²) in [5, 5.41) is 4.53. The molecule has 21 heavy (non-hydrogen) atoms. The van der Waals surface area contributed by atoms with Crippen molar-refractivity contribution in [3.8, 4) is 0 Å². The van der Waals surface area contributed by atoms with Gasteiger partial charge in [0, 0.05) is 34.2 Å². The Kier molecular flexibility index (Phi) is 4.72. The normalized spacial score (nSPS) is 20.8. The van der Waals surface area contributed by atoms with E-state index < -0.39 is 10.2 Å². The highest BCUT2D eigenvalue weighted by Crippen LogP contribution is 2.34. The zero-order valence-electron chi connectivity index (χ0n) is 13.4. The van der Waals surface area contributed by atoms with Crippen molar-refractivity contribution in [2.24, 2.45) is 7.05 Å². The van der Waals surface area contributed by atoms with Gasteiger partial charge in [-0.25, -0.2) is 0 Å². The molecule has 0 spiro atoms. The van der Waals surface area contributed by atoms with Crippen molar-refractivity contribution in [1.82, 2.24) is 23.3 Å². The lowest BCUT2D eigenvalue weighted by atomic mass is 10.1. The lowest BCUT2D eigenvalue weighted by Crippen LogP contribution is -2.39. The minimum absolute atomic E-state index is 0.153. The quantitative estimate of drug-likeness (QED) is 0.790. The molecule has 0 saturated carbocycles. The lowest BCUT2D eigenvalue weighted by molar-refractivity contribution is 0.356. The molecule has 0 unspecified atom stereocenters. The second kappa shape index (κ2) is 6.04. The zero-order valence-corrected chi connectivity index (χ0v) is 14.3. The summed E-state index contributed by atoms with van der Waals surface area (Å²) < 4.78 is 29.5. The molecule has 0 aliphatic carbocycles. The molecule has 2 heterocycles. The Labute approximate surface area is 127 Å². The van der Waals surface area contributed by atoms with Gasteiger partial charge in [0.05, 0.1) is 17.4 Å². The SMILES string of the molecule is CN(C)Cc1cc([C@H]2CCCN2S(=O)(=O)N(C)C)nn1C. The topological polar surface area (TPSA) is 61.7 Å². The number of hydrogen-bond donors (Lipinski definition) is 0. The third-order valence-corrected chi connectivity index (χ3v) is 5.73. The van der Waals surface area contributed by atoms with Crippen LogP contribution in [0.4, 0.5) is 0 Å². The van der Waals surface area contributed by atoms with Crippen molar-refractivity contribution in [1.29, 1.82) is 0 Å². The molecule has 1 fully saturated rings. The minimum atomic E-state index is -3.39. The van der Waals surface area contributed by atoms with Crippen LogP contribution in [0, 0.1) is 0 Å². The maximum Gasteiger partial charge on any atom is 0.282 e. The summed E-state index contributed by atoms with van der Waals surface area (Å²) in [5.74, 6) is 0. The lowest BCUT2D eigenvalue weighted by Gasteiger charge is -2.25. The molecule has 1 aliphatic rings. The summed E-state index contributed by atoms with van der Waals surface area (Å²) in [6.45, 7) is 1.35. The minimum Gasteiger partial charge on any atom is -0.304 e. The average molecular weight is 315 g/mol. The second-order valence-electron chi connectivity index (χ2n) is 5.98. The summed E-state index contributed by atoms with van der Waals surface area (Å²) in [6, 6.07) is 1.87. The van der Waals surface area contributed by atoms with E-state index in [1.165, 1.54) is 4.31 Å². The summed E-state index contributed by atoms with van der Waals surface area (Å²) in [5.41, 5.74) is 1.93. The van der Waals surface area contributed by atoms with E-state index in [0.29, 0.717) is 6.54 Å². The third-order valence-electron chi connectivity index (χ3n) is 3.78. The smallest absolute Gasteiger partial charge is 0.282 e. The van der Waals surface area contributed by atoms with Crippen LogP contribution < -0.4 is 0 Å². The standard InChI is InChI=1S/C13H25N5O2S/c1-15(2)10-11-9-12(14-17(11)5)13-7-6-8-18(13)21(19,20)16(3)4/h9,13H,6-8,10H2,1-5H3/t13-/m1/s1. The van der Waals surface area contributed by atoms with Gasteiger partial charge in [0.2, 0.25) is 0 Å². The first-order valence-electron chi connectivity index (χ1n) is 7.10. The Bertz CT molecular complexity index is 594. The maximum absolute atomic E-state index is 12.4. The molecule has 0 N–H and O–H groups in total. The molecule has 1 saturated heterocycles. The molecule has 0 amide bonds. The van der Waals surface area contributed by atoms with E-state index >= 15 is 0 Å². The predicted octanol–water partition coefficient (Wildman–Crippen LogP) is 0.425. The molecule has 0 aromatic carbocycles. The Balaban J connectivity index is 2.29. The third kappa shape index (κ3) is 3.28. The first-order chi connectivity index (χ1) is 9.73. The van der Waals surface area contributed by atoms with Gasteiger partial charge in [0.15, 0.2) is 0 Å². The van der Waals surface area contributed by atoms with E-state index in [-0.39, 0.29) is 6.04 Å². The molecule has 1 aromatic rings. The molecule has 8 heteroatoms. The molecular weight excluding hydrogens is 290 g/mol. The molecule has 1 aliphatic heterocycles. The van der Waals surface area contributed by atoms with E-state index in [2.05, 4.69) is 10.00 Å². The summed E-state index contributed by atoms with van der Waals surface area (Å²) >= 11 is 0. The van der Waals surface area contributed by atoms with Gasteiger partial charge in [-0.1, -0.05) is 0 Å². The molecule has 2 rings (SSSR count). The fourth-order valence-electron chi connectivity index (χ4n) is 2.69. The number of nitrogens with zero attached hydrogens (tertiary/aromatic N) is 5. The maximum atomic E-state index is 12.4. The highest BCUT2D eigenvalue weighted by atomic mass is 32.2. The van der Waals surface area contributed by atoms with Gasteiger partial charge in [-0.15, -0.1) is 0 Å². The van der Waals surface area contributed by atoms with Crippen LogP contribution in [0.3, 0.4) is 0 Å². The van der Waals surface area contributed by atoms with Crippen molar-refractivity contribution in [2.45, 2.75) is 25.4 Å². The van der Waals surface area contributed by atoms with E-state index in [4.69, 9.17) is 0 Å². The van der Waals surface area contributed by atoms with Crippen LogP contribution in [0.25, 0.3) is 0 Å². The fourth-order valence-corrected chi connectivity index (χ4v) is 4.00. The first-order valence-corrected chi connectivity index (χ1v) is 8.50. The van der Waals surface area contributed by atoms with Crippen molar-refractivity contribution in [3.63, 3.8) is 0 Å². The Morgan fingerprint density at radius 2 is 2.00 bits per heavy atom. The van der Waals surface area contributed by atoms with Gasteiger partial charge in [0.25, 0.3) is 10.2 Å². The van der Waals surface area contributed by atoms with Crippen LogP contribution in [0.15, 0.2) is 6.07 Å². The second-order valence-corrected chi connectivity index (χ2v) is 8.08. The molecule has 0 bridgehead atoms. The Morgan fingerprint density at radius 1 is 1.33 bits per heavy atom. The average Bonchev–Trinajstić information content (AvgIpc) is 2.96. The van der Waals surface area contributed by atoms with Crippen LogP contribution in [-0.2, 0) is 23.8 Å². The van der Waals surface area contributed by atoms with Crippen molar-refractivity contribution >= 4 is 10.2 Å². The number of aromatic nitrogens is 2. The summed E-state index contributed by atoms with van der Waals surface area (Å²) in [7, 11) is 5.66. The first kappa shape index (κ1) is 16.4. The summed E-state index contributed by atoms with van der Waals surface area (Å²) in [6.07, 6.45) is 1.70. The molecule has 0 radical (unpaired) electrons. The monoisotopic (exact) mass is 315 g/mol. The van der Waals surface area contributed by atoms with E-state index in [9.17, 15) is 8.42 Å². The highest BCUT2D eigenvalue weighted by Gasteiger charge is 2.37. The van der Waals surface area contributed by atoms with Gasteiger partial charge in [-0.05, 0) is 33.0 Å². The van der Waals surface area contributed by atoms with Gasteiger partial charge in [-0.2, -0.15) is 22.1 Å². The molecule has 120 valence electrons. The molecule has 7 nitrogen and oxygen atoms in total. The van der Waals surface area contributed by atoms with E-state index in [0.717, 1.165) is 30.8 Å². The molecule has 1 atom stereocenters. The van der Waals surface area contributed by atoms with Crippen LogP contribution in [0.2, 0.25) is 0 Å². The van der Waals surface area contributed by atoms with Crippen LogP contribution >= 0.6 is 0 Å². The van der Waals surface area contributed by atoms with Gasteiger partial charge >= 0.3 is 0 Å². The largest absolute Gasteiger partial charge is 0.304 e. The van der Waals surface area contributed by atoms with Gasteiger partial charge < -0.3 is 4.90 Å². The highest BCUT2D eigenvalue weighted by molar-refractivity contribution is 7.86. The van der Waals surface area contributed by atoms with Crippen molar-refractivity contribution < 1.29 is 8.42 Å². The van der Waals surface area contributed by atoms with E-state index in [1.807, 2.05) is 31.9 Å². The molecular formula is C13H25N5O2S. The fraction of sp³-hybridized carbons (Fsp3) is 0.769. The van der Waals surface area contributed by atoms with Crippen molar-refractivity contribution in [3.05, 3.63) is 17.5 Å². The number of hydrogen-bond acceptors (Lipinski definition) is 4. The van der Waals surface area contributed by atoms with Crippen LogP contribution in [0.1, 0.15) is 30.3 Å². The molecule has 1 aromatic heterocycles. The van der Waals surface area contributed by atoms with Crippen LogP contribution in [0.5, 0.6) is 0 Å². The van der Waals surface area contributed by atoms with Gasteiger partial charge in [-0.3, -0.25) is 4.68 Å². The van der Waals surface area contributed by atoms with Crippen molar-refractivity contribution in [2.75, 3.05) is 34.7 Å². The van der Waals surface area contributed by atoms with E-state index in [1.54, 1.807) is 18.4 Å². The van der Waals surface area contributed by atoms with Crippen LogP contribution in [-0.4, -0.2) is 66.4 Å². The predicted molar refractivity (Wildman–Crippen MR) is 81.9 cm³/mol. The summed E-state index contributed by atoms with van der Waals surface area (Å²) in [4.78, 5) is 2.07. The Morgan fingerprint density at radius 3 is 2.57 bits per heavy atom. The number of rotatable bonds is 5. The zero-order chi connectivity index (χ0) is 15.8. The Hall–Kier alpha value is -0.960.